The SMILES string of the molecule is COCCCNC(=O)c1cccc(NCC(=O)Nc2cccc(OCCc3ccccc3)c2)c1. The number of hydrogen-bond acceptors (Lipinski definition) is 5. The molecule has 3 aromatic carbocycles. The van der Waals surface area contributed by atoms with Gasteiger partial charge in [-0.2, -0.15) is 0 Å². The van der Waals surface area contributed by atoms with Gasteiger partial charge in [0.05, 0.1) is 13.2 Å². The van der Waals surface area contributed by atoms with E-state index in [0.717, 1.165) is 12.8 Å². The van der Waals surface area contributed by atoms with Crippen LogP contribution in [0.2, 0.25) is 0 Å². The molecule has 3 aromatic rings. The maximum atomic E-state index is 12.4. The Hall–Kier alpha value is -3.84. The summed E-state index contributed by atoms with van der Waals surface area (Å²) in [6.45, 7) is 1.76. The van der Waals surface area contributed by atoms with E-state index >= 15 is 0 Å². The number of hydrogen-bond donors (Lipinski definition) is 3. The van der Waals surface area contributed by atoms with Crippen LogP contribution in [0, 0.1) is 0 Å². The number of nitrogens with one attached hydrogen (secondary N) is 3. The minimum atomic E-state index is -0.198. The first kappa shape index (κ1) is 24.8. The molecule has 0 saturated carbocycles. The van der Waals surface area contributed by atoms with Gasteiger partial charge in [0.15, 0.2) is 0 Å². The van der Waals surface area contributed by atoms with Gasteiger partial charge in [0, 0.05) is 49.7 Å². The molecule has 2 amide bonds. The third-order valence-electron chi connectivity index (χ3n) is 5.01. The van der Waals surface area contributed by atoms with Gasteiger partial charge in [0.25, 0.3) is 5.91 Å². The number of methoxy groups -OCH3 is 1. The monoisotopic (exact) mass is 461 g/mol. The van der Waals surface area contributed by atoms with Gasteiger partial charge in [0.1, 0.15) is 5.75 Å². The molecule has 3 rings (SSSR count). The normalized spacial score (nSPS) is 10.4. The molecule has 178 valence electrons. The van der Waals surface area contributed by atoms with E-state index in [9.17, 15) is 9.59 Å². The molecule has 0 fully saturated rings. The van der Waals surface area contributed by atoms with E-state index in [-0.39, 0.29) is 18.4 Å². The Labute approximate surface area is 200 Å². The molecular formula is C27H31N3O4. The van der Waals surface area contributed by atoms with Crippen LogP contribution in [0.3, 0.4) is 0 Å². The quantitative estimate of drug-likeness (QED) is 0.333. The molecule has 7 nitrogen and oxygen atoms in total. The van der Waals surface area contributed by atoms with Crippen LogP contribution in [0.1, 0.15) is 22.3 Å². The summed E-state index contributed by atoms with van der Waals surface area (Å²) in [4.78, 5) is 24.7. The first-order valence-corrected chi connectivity index (χ1v) is 11.3. The van der Waals surface area contributed by atoms with Gasteiger partial charge < -0.3 is 25.4 Å². The van der Waals surface area contributed by atoms with E-state index in [2.05, 4.69) is 28.1 Å². The van der Waals surface area contributed by atoms with Gasteiger partial charge in [0.2, 0.25) is 5.91 Å². The number of amides is 2. The van der Waals surface area contributed by atoms with Crippen molar-refractivity contribution in [1.82, 2.24) is 5.32 Å². The Kier molecular flexibility index (Phi) is 9.95. The van der Waals surface area contributed by atoms with Crippen molar-refractivity contribution in [3.8, 4) is 5.75 Å². The van der Waals surface area contributed by atoms with Crippen molar-refractivity contribution in [1.29, 1.82) is 0 Å². The predicted octanol–water partition coefficient (Wildman–Crippen LogP) is 4.13. The lowest BCUT2D eigenvalue weighted by Crippen LogP contribution is -2.25. The summed E-state index contributed by atoms with van der Waals surface area (Å²) in [5.41, 5.74) is 3.10. The second-order valence-electron chi connectivity index (χ2n) is 7.70. The van der Waals surface area contributed by atoms with E-state index in [1.807, 2.05) is 42.5 Å². The fraction of sp³-hybridized carbons (Fsp3) is 0.259. The third kappa shape index (κ3) is 8.60. The van der Waals surface area contributed by atoms with Crippen LogP contribution in [-0.2, 0) is 16.0 Å². The zero-order valence-electron chi connectivity index (χ0n) is 19.4. The number of carbonyl (C=O) groups excluding carboxylic acids is 2. The summed E-state index contributed by atoms with van der Waals surface area (Å²) < 4.78 is 10.8. The Bertz CT molecular complexity index is 1060. The maximum absolute atomic E-state index is 12.4. The summed E-state index contributed by atoms with van der Waals surface area (Å²) in [5.74, 6) is 0.343. The number of benzene rings is 3. The molecular weight excluding hydrogens is 430 g/mol. The van der Waals surface area contributed by atoms with Crippen molar-refractivity contribution in [2.24, 2.45) is 0 Å². The second-order valence-corrected chi connectivity index (χ2v) is 7.70. The lowest BCUT2D eigenvalue weighted by atomic mass is 10.2. The minimum Gasteiger partial charge on any atom is -0.493 e. The smallest absolute Gasteiger partial charge is 0.251 e. The summed E-state index contributed by atoms with van der Waals surface area (Å²) in [5, 5.41) is 8.78. The van der Waals surface area contributed by atoms with Crippen LogP contribution in [0.15, 0.2) is 78.9 Å². The highest BCUT2D eigenvalue weighted by atomic mass is 16.5. The largest absolute Gasteiger partial charge is 0.493 e. The summed E-state index contributed by atoms with van der Waals surface area (Å²) in [6, 6.07) is 24.5. The van der Waals surface area contributed by atoms with E-state index in [1.54, 1.807) is 31.4 Å². The van der Waals surface area contributed by atoms with Gasteiger partial charge >= 0.3 is 0 Å². The summed E-state index contributed by atoms with van der Waals surface area (Å²) >= 11 is 0. The number of rotatable bonds is 13. The van der Waals surface area contributed by atoms with Crippen molar-refractivity contribution < 1.29 is 19.1 Å². The molecule has 0 radical (unpaired) electrons. The topological polar surface area (TPSA) is 88.7 Å². The highest BCUT2D eigenvalue weighted by molar-refractivity contribution is 5.96. The van der Waals surface area contributed by atoms with Crippen LogP contribution in [0.4, 0.5) is 11.4 Å². The Morgan fingerprint density at radius 1 is 0.853 bits per heavy atom. The standard InChI is InChI=1S/C27H31N3O4/c1-33-16-7-15-28-27(32)22-10-5-11-23(18-22)29-20-26(31)30-24-12-6-13-25(19-24)34-17-14-21-8-3-2-4-9-21/h2-6,8-13,18-19,29H,7,14-17,20H2,1H3,(H,28,32)(H,30,31). The fourth-order valence-corrected chi connectivity index (χ4v) is 3.27. The zero-order valence-corrected chi connectivity index (χ0v) is 19.4. The molecule has 0 spiro atoms. The number of carbonyl (C=O) groups is 2. The van der Waals surface area contributed by atoms with Crippen molar-refractivity contribution in [3.63, 3.8) is 0 Å². The van der Waals surface area contributed by atoms with Crippen molar-refractivity contribution >= 4 is 23.2 Å². The van der Waals surface area contributed by atoms with Gasteiger partial charge in [-0.1, -0.05) is 42.5 Å². The minimum absolute atomic E-state index is 0.0675. The third-order valence-corrected chi connectivity index (χ3v) is 5.01. The average Bonchev–Trinajstić information content (AvgIpc) is 2.86. The summed E-state index contributed by atoms with van der Waals surface area (Å²) in [7, 11) is 1.63. The van der Waals surface area contributed by atoms with Gasteiger partial charge in [-0.25, -0.2) is 0 Å². The van der Waals surface area contributed by atoms with Gasteiger partial charge in [-0.05, 0) is 42.3 Å². The molecule has 7 heteroatoms. The first-order valence-electron chi connectivity index (χ1n) is 11.3. The highest BCUT2D eigenvalue weighted by Crippen LogP contribution is 2.18. The van der Waals surface area contributed by atoms with Crippen LogP contribution >= 0.6 is 0 Å². The van der Waals surface area contributed by atoms with Gasteiger partial charge in [-0.15, -0.1) is 0 Å². The van der Waals surface area contributed by atoms with E-state index in [4.69, 9.17) is 9.47 Å². The fourth-order valence-electron chi connectivity index (χ4n) is 3.27. The lowest BCUT2D eigenvalue weighted by Gasteiger charge is -2.11. The molecule has 0 aliphatic carbocycles. The molecule has 0 unspecified atom stereocenters. The molecule has 0 heterocycles. The highest BCUT2D eigenvalue weighted by Gasteiger charge is 2.08. The van der Waals surface area contributed by atoms with Crippen LogP contribution in [-0.4, -0.2) is 45.2 Å². The van der Waals surface area contributed by atoms with Crippen LogP contribution < -0.4 is 20.7 Å². The van der Waals surface area contributed by atoms with Crippen molar-refractivity contribution in [2.75, 3.05) is 44.0 Å². The Balaban J connectivity index is 1.44. The molecule has 3 N–H and O–H groups in total. The van der Waals surface area contributed by atoms with Gasteiger partial charge in [-0.3, -0.25) is 9.59 Å². The first-order chi connectivity index (χ1) is 16.6. The number of ether oxygens (including phenoxy) is 2. The Morgan fingerprint density at radius 2 is 1.65 bits per heavy atom. The number of anilines is 2. The van der Waals surface area contributed by atoms with E-state index in [1.165, 1.54) is 5.56 Å². The molecule has 0 saturated heterocycles. The van der Waals surface area contributed by atoms with E-state index < -0.39 is 0 Å². The van der Waals surface area contributed by atoms with Crippen molar-refractivity contribution in [3.05, 3.63) is 90.0 Å². The van der Waals surface area contributed by atoms with E-state index in [0.29, 0.717) is 42.4 Å². The second kappa shape index (κ2) is 13.6. The predicted molar refractivity (Wildman–Crippen MR) is 134 cm³/mol. The average molecular weight is 462 g/mol. The van der Waals surface area contributed by atoms with Crippen molar-refractivity contribution in [2.45, 2.75) is 12.8 Å². The zero-order chi connectivity index (χ0) is 24.0. The lowest BCUT2D eigenvalue weighted by molar-refractivity contribution is -0.114. The molecule has 0 atom stereocenters. The molecule has 0 aliphatic rings. The summed E-state index contributed by atoms with van der Waals surface area (Å²) in [6.07, 6.45) is 1.56. The van der Waals surface area contributed by atoms with Crippen LogP contribution in [0.5, 0.6) is 5.75 Å². The molecule has 0 aromatic heterocycles. The maximum Gasteiger partial charge on any atom is 0.251 e. The Morgan fingerprint density at radius 3 is 2.47 bits per heavy atom. The van der Waals surface area contributed by atoms with Crippen LogP contribution in [0.25, 0.3) is 0 Å². The molecule has 0 aliphatic heterocycles. The molecule has 34 heavy (non-hydrogen) atoms. The molecule has 0 bridgehead atoms.